The van der Waals surface area contributed by atoms with Gasteiger partial charge in [-0.2, -0.15) is 0 Å². The largest absolute Gasteiger partial charge is 0.493 e. The van der Waals surface area contributed by atoms with Crippen molar-refractivity contribution in [3.05, 3.63) is 69.8 Å². The normalized spacial score (nSPS) is 13.9. The fourth-order valence-electron chi connectivity index (χ4n) is 3.52. The molecular formula is C24H30ClNO2. The third kappa shape index (κ3) is 5.76. The molecule has 1 N–H and O–H groups in total. The maximum Gasteiger partial charge on any atom is 0.163 e. The van der Waals surface area contributed by atoms with E-state index in [1.165, 1.54) is 31.2 Å². The van der Waals surface area contributed by atoms with Crippen molar-refractivity contribution in [2.24, 2.45) is 0 Å². The van der Waals surface area contributed by atoms with E-state index in [2.05, 4.69) is 30.4 Å². The minimum atomic E-state index is 0.492. The van der Waals surface area contributed by atoms with Crippen LogP contribution in [0.25, 0.3) is 0 Å². The van der Waals surface area contributed by atoms with Crippen LogP contribution in [0.2, 0.25) is 5.02 Å². The van der Waals surface area contributed by atoms with E-state index in [9.17, 15) is 0 Å². The number of methoxy groups -OCH3 is 1. The van der Waals surface area contributed by atoms with E-state index in [4.69, 9.17) is 21.1 Å². The average Bonchev–Trinajstić information content (AvgIpc) is 2.72. The highest BCUT2D eigenvalue weighted by atomic mass is 35.5. The van der Waals surface area contributed by atoms with Crippen LogP contribution in [0.1, 0.15) is 48.8 Å². The summed E-state index contributed by atoms with van der Waals surface area (Å²) in [5.74, 6) is 1.39. The molecule has 0 atom stereocenters. The molecular weight excluding hydrogens is 370 g/mol. The molecule has 2 aromatic rings. The highest BCUT2D eigenvalue weighted by Gasteiger charge is 2.12. The molecule has 1 aliphatic carbocycles. The van der Waals surface area contributed by atoms with Crippen molar-refractivity contribution >= 4 is 11.6 Å². The second-order valence-electron chi connectivity index (χ2n) is 7.34. The Morgan fingerprint density at radius 2 is 1.93 bits per heavy atom. The lowest BCUT2D eigenvalue weighted by atomic mass is 9.97. The quantitative estimate of drug-likeness (QED) is 0.401. The molecule has 0 saturated heterocycles. The van der Waals surface area contributed by atoms with Crippen LogP contribution in [0.15, 0.2) is 48.0 Å². The summed E-state index contributed by atoms with van der Waals surface area (Å²) in [4.78, 5) is 0. The first kappa shape index (κ1) is 20.8. The minimum Gasteiger partial charge on any atom is -0.493 e. The molecule has 0 bridgehead atoms. The molecule has 2 aromatic carbocycles. The zero-order chi connectivity index (χ0) is 19.8. The van der Waals surface area contributed by atoms with Gasteiger partial charge in [0.15, 0.2) is 11.5 Å². The standard InChI is InChI=1S/C24H30ClNO2/c1-18-8-6-7-11-20(18)17-28-24-15-22(25)21(14-23(24)27-2)16-26-13-12-19-9-4-3-5-10-19/h6-9,11,14-15,26H,3-5,10,12-13,16-17H2,1-2H3. The molecule has 0 aromatic heterocycles. The molecule has 1 aliphatic rings. The van der Waals surface area contributed by atoms with E-state index in [1.54, 1.807) is 12.7 Å². The molecule has 0 radical (unpaired) electrons. The number of benzene rings is 2. The van der Waals surface area contributed by atoms with E-state index in [-0.39, 0.29) is 0 Å². The van der Waals surface area contributed by atoms with Crippen molar-refractivity contribution in [1.29, 1.82) is 0 Å². The SMILES string of the molecule is COc1cc(CNCCC2=CCCCC2)c(Cl)cc1OCc1ccccc1C. The Morgan fingerprint density at radius 1 is 1.07 bits per heavy atom. The molecule has 28 heavy (non-hydrogen) atoms. The molecule has 0 spiro atoms. The van der Waals surface area contributed by atoms with E-state index in [1.807, 2.05) is 24.3 Å². The van der Waals surface area contributed by atoms with E-state index in [0.717, 1.165) is 30.6 Å². The van der Waals surface area contributed by atoms with Gasteiger partial charge in [0.05, 0.1) is 7.11 Å². The zero-order valence-corrected chi connectivity index (χ0v) is 17.6. The molecule has 3 nitrogen and oxygen atoms in total. The second kappa shape index (κ2) is 10.5. The Hall–Kier alpha value is -1.97. The molecule has 0 aliphatic heterocycles. The number of ether oxygens (including phenoxy) is 2. The maximum atomic E-state index is 6.51. The Balaban J connectivity index is 1.57. The van der Waals surface area contributed by atoms with E-state index >= 15 is 0 Å². The van der Waals surface area contributed by atoms with Gasteiger partial charge in [0, 0.05) is 17.6 Å². The van der Waals surface area contributed by atoms with Gasteiger partial charge in [0.1, 0.15) is 6.61 Å². The number of hydrogen-bond donors (Lipinski definition) is 1. The molecule has 150 valence electrons. The monoisotopic (exact) mass is 399 g/mol. The maximum absolute atomic E-state index is 6.51. The number of rotatable bonds is 9. The lowest BCUT2D eigenvalue weighted by Gasteiger charge is -2.16. The Bertz CT molecular complexity index is 816. The first-order valence-electron chi connectivity index (χ1n) is 10.1. The summed E-state index contributed by atoms with van der Waals surface area (Å²) in [6.45, 7) is 4.27. The van der Waals surface area contributed by atoms with Crippen molar-refractivity contribution in [2.45, 2.75) is 52.2 Å². The minimum absolute atomic E-state index is 0.492. The fourth-order valence-corrected chi connectivity index (χ4v) is 3.74. The van der Waals surface area contributed by atoms with Gasteiger partial charge >= 0.3 is 0 Å². The summed E-state index contributed by atoms with van der Waals surface area (Å²) in [6, 6.07) is 12.0. The second-order valence-corrected chi connectivity index (χ2v) is 7.75. The summed E-state index contributed by atoms with van der Waals surface area (Å²) < 4.78 is 11.5. The number of aryl methyl sites for hydroxylation is 1. The van der Waals surface area contributed by atoms with Crippen LogP contribution in [0.4, 0.5) is 0 Å². The summed E-state index contributed by atoms with van der Waals surface area (Å²) in [7, 11) is 1.66. The lowest BCUT2D eigenvalue weighted by Crippen LogP contribution is -2.16. The van der Waals surface area contributed by atoms with Crippen LogP contribution in [0.3, 0.4) is 0 Å². The molecule has 0 saturated carbocycles. The fraction of sp³-hybridized carbons (Fsp3) is 0.417. The Labute approximate surface area is 173 Å². The van der Waals surface area contributed by atoms with Crippen LogP contribution in [0.5, 0.6) is 11.5 Å². The predicted octanol–water partition coefficient (Wildman–Crippen LogP) is 6.22. The van der Waals surface area contributed by atoms with Gasteiger partial charge in [-0.25, -0.2) is 0 Å². The topological polar surface area (TPSA) is 30.5 Å². The third-order valence-corrected chi connectivity index (χ3v) is 5.65. The molecule has 0 heterocycles. The summed E-state index contributed by atoms with van der Waals surface area (Å²) in [5, 5.41) is 4.20. The molecule has 0 amide bonds. The van der Waals surface area contributed by atoms with Gasteiger partial charge in [-0.15, -0.1) is 0 Å². The van der Waals surface area contributed by atoms with Crippen molar-refractivity contribution in [3.8, 4) is 11.5 Å². The molecule has 3 rings (SSSR count). The van der Waals surface area contributed by atoms with Gasteiger partial charge in [0.25, 0.3) is 0 Å². The van der Waals surface area contributed by atoms with Crippen molar-refractivity contribution in [2.75, 3.05) is 13.7 Å². The van der Waals surface area contributed by atoms with Gasteiger partial charge in [-0.3, -0.25) is 0 Å². The summed E-state index contributed by atoms with van der Waals surface area (Å²) in [5.41, 5.74) is 4.98. The van der Waals surface area contributed by atoms with Crippen molar-refractivity contribution in [1.82, 2.24) is 5.32 Å². The molecule has 4 heteroatoms. The van der Waals surface area contributed by atoms with Crippen LogP contribution >= 0.6 is 11.6 Å². The van der Waals surface area contributed by atoms with E-state index < -0.39 is 0 Å². The van der Waals surface area contributed by atoms with Gasteiger partial charge in [-0.05, 0) is 68.3 Å². The molecule has 0 fully saturated rings. The van der Waals surface area contributed by atoms with Gasteiger partial charge < -0.3 is 14.8 Å². The number of hydrogen-bond acceptors (Lipinski definition) is 3. The van der Waals surface area contributed by atoms with Crippen LogP contribution in [-0.2, 0) is 13.2 Å². The highest BCUT2D eigenvalue weighted by molar-refractivity contribution is 6.31. The number of halogens is 1. The Kier molecular flexibility index (Phi) is 7.81. The smallest absolute Gasteiger partial charge is 0.163 e. The highest BCUT2D eigenvalue weighted by Crippen LogP contribution is 2.34. The Morgan fingerprint density at radius 3 is 2.68 bits per heavy atom. The van der Waals surface area contributed by atoms with E-state index in [0.29, 0.717) is 23.1 Å². The summed E-state index contributed by atoms with van der Waals surface area (Å²) in [6.07, 6.45) is 8.68. The van der Waals surface area contributed by atoms with Crippen LogP contribution < -0.4 is 14.8 Å². The first-order valence-corrected chi connectivity index (χ1v) is 10.5. The zero-order valence-electron chi connectivity index (χ0n) is 16.9. The number of allylic oxidation sites excluding steroid dienone is 1. The average molecular weight is 400 g/mol. The third-order valence-electron chi connectivity index (χ3n) is 5.30. The number of nitrogens with one attached hydrogen (secondary N) is 1. The van der Waals surface area contributed by atoms with Crippen molar-refractivity contribution < 1.29 is 9.47 Å². The van der Waals surface area contributed by atoms with Crippen molar-refractivity contribution in [3.63, 3.8) is 0 Å². The molecule has 0 unspecified atom stereocenters. The predicted molar refractivity (Wildman–Crippen MR) is 116 cm³/mol. The lowest BCUT2D eigenvalue weighted by molar-refractivity contribution is 0.283. The first-order chi connectivity index (χ1) is 13.7. The van der Waals surface area contributed by atoms with Crippen LogP contribution in [0, 0.1) is 6.92 Å². The van der Waals surface area contributed by atoms with Gasteiger partial charge in [0.2, 0.25) is 0 Å². The van der Waals surface area contributed by atoms with Gasteiger partial charge in [-0.1, -0.05) is 47.5 Å². The van der Waals surface area contributed by atoms with Crippen LogP contribution in [-0.4, -0.2) is 13.7 Å². The summed E-state index contributed by atoms with van der Waals surface area (Å²) >= 11 is 6.51.